The van der Waals surface area contributed by atoms with E-state index >= 15 is 0 Å². The Morgan fingerprint density at radius 2 is 1.92 bits per heavy atom. The summed E-state index contributed by atoms with van der Waals surface area (Å²) in [4.78, 5) is 41.4. The Kier molecular flexibility index (Phi) is 7.26. The number of likely N-dealkylation sites (N-methyl/N-ethyl adjacent to an activating group) is 1. The molecule has 8 heteroatoms. The fourth-order valence-electron chi connectivity index (χ4n) is 2.59. The number of benzene rings is 1. The molecule has 1 saturated heterocycles. The molecule has 4 amide bonds. The molecule has 0 unspecified atom stereocenters. The number of amides is 4. The lowest BCUT2D eigenvalue weighted by molar-refractivity contribution is -0.142. The zero-order valence-corrected chi connectivity index (χ0v) is 16.0. The van der Waals surface area contributed by atoms with E-state index in [4.69, 9.17) is 11.6 Å². The SMILES string of the molecule is CCCCN(C)C(=O)CN1CCN(C(=O)Nc2ccc(Cl)cc2)CC1=O. The summed E-state index contributed by atoms with van der Waals surface area (Å²) < 4.78 is 0. The fraction of sp³-hybridized carbons (Fsp3) is 0.500. The van der Waals surface area contributed by atoms with Gasteiger partial charge in [0.05, 0.1) is 6.54 Å². The lowest BCUT2D eigenvalue weighted by Crippen LogP contribution is -2.55. The molecule has 1 fully saturated rings. The Morgan fingerprint density at radius 3 is 2.54 bits per heavy atom. The number of anilines is 1. The highest BCUT2D eigenvalue weighted by Crippen LogP contribution is 2.14. The second-order valence-electron chi connectivity index (χ2n) is 6.34. The third kappa shape index (κ3) is 5.62. The molecule has 1 N–H and O–H groups in total. The van der Waals surface area contributed by atoms with Gasteiger partial charge in [-0.05, 0) is 30.7 Å². The van der Waals surface area contributed by atoms with Gasteiger partial charge >= 0.3 is 6.03 Å². The van der Waals surface area contributed by atoms with Crippen LogP contribution in [0.2, 0.25) is 5.02 Å². The minimum absolute atomic E-state index is 0.0363. The molecule has 2 rings (SSSR count). The van der Waals surface area contributed by atoms with E-state index in [1.165, 1.54) is 9.80 Å². The molecule has 0 aliphatic carbocycles. The summed E-state index contributed by atoms with van der Waals surface area (Å²) >= 11 is 5.82. The van der Waals surface area contributed by atoms with Gasteiger partial charge in [0.25, 0.3) is 0 Å². The smallest absolute Gasteiger partial charge is 0.322 e. The quantitative estimate of drug-likeness (QED) is 0.822. The normalized spacial score (nSPS) is 14.3. The van der Waals surface area contributed by atoms with Gasteiger partial charge in [0, 0.05) is 37.4 Å². The second-order valence-corrected chi connectivity index (χ2v) is 6.78. The Bertz CT molecular complexity index is 650. The standard InChI is InChI=1S/C18H25ClN4O3/c1-3-4-9-21(2)16(24)12-22-10-11-23(13-17(22)25)18(26)20-15-7-5-14(19)6-8-15/h5-8H,3-4,9-13H2,1-2H3,(H,20,26). The maximum atomic E-state index is 12.3. The van der Waals surface area contributed by atoms with E-state index in [2.05, 4.69) is 12.2 Å². The first-order valence-corrected chi connectivity index (χ1v) is 9.11. The van der Waals surface area contributed by atoms with Crippen molar-refractivity contribution < 1.29 is 14.4 Å². The minimum atomic E-state index is -0.341. The van der Waals surface area contributed by atoms with Crippen LogP contribution in [-0.4, -0.2) is 72.3 Å². The zero-order valence-electron chi connectivity index (χ0n) is 15.2. The number of halogens is 1. The predicted octanol–water partition coefficient (Wildman–Crippen LogP) is 2.27. The second kappa shape index (κ2) is 9.43. The molecule has 0 bridgehead atoms. The maximum absolute atomic E-state index is 12.3. The first-order valence-electron chi connectivity index (χ1n) is 8.74. The molecular formula is C18H25ClN4O3. The highest BCUT2D eigenvalue weighted by Gasteiger charge is 2.29. The number of piperazine rings is 1. The van der Waals surface area contributed by atoms with Crippen molar-refractivity contribution in [3.63, 3.8) is 0 Å². The van der Waals surface area contributed by atoms with Gasteiger partial charge in [0.15, 0.2) is 0 Å². The summed E-state index contributed by atoms with van der Waals surface area (Å²) in [6.45, 7) is 3.51. The molecule has 0 saturated carbocycles. The summed E-state index contributed by atoms with van der Waals surface area (Å²) in [7, 11) is 1.75. The van der Waals surface area contributed by atoms with Crippen LogP contribution in [0.1, 0.15) is 19.8 Å². The van der Waals surface area contributed by atoms with Crippen molar-refractivity contribution in [1.82, 2.24) is 14.7 Å². The minimum Gasteiger partial charge on any atom is -0.344 e. The van der Waals surface area contributed by atoms with Crippen molar-refractivity contribution in [3.05, 3.63) is 29.3 Å². The predicted molar refractivity (Wildman–Crippen MR) is 101 cm³/mol. The van der Waals surface area contributed by atoms with Crippen molar-refractivity contribution in [2.75, 3.05) is 45.1 Å². The lowest BCUT2D eigenvalue weighted by atomic mass is 10.3. The third-order valence-corrected chi connectivity index (χ3v) is 4.55. The number of carbonyl (C=O) groups excluding carboxylic acids is 3. The van der Waals surface area contributed by atoms with Gasteiger partial charge in [-0.2, -0.15) is 0 Å². The van der Waals surface area contributed by atoms with E-state index < -0.39 is 0 Å². The Labute approximate surface area is 158 Å². The van der Waals surface area contributed by atoms with Crippen LogP contribution in [0, 0.1) is 0 Å². The van der Waals surface area contributed by atoms with Gasteiger partial charge in [0.1, 0.15) is 6.54 Å². The van der Waals surface area contributed by atoms with Crippen LogP contribution in [0.4, 0.5) is 10.5 Å². The Morgan fingerprint density at radius 1 is 1.23 bits per heavy atom. The Hall–Kier alpha value is -2.28. The maximum Gasteiger partial charge on any atom is 0.322 e. The molecular weight excluding hydrogens is 356 g/mol. The highest BCUT2D eigenvalue weighted by molar-refractivity contribution is 6.30. The van der Waals surface area contributed by atoms with Gasteiger partial charge in [-0.3, -0.25) is 9.59 Å². The van der Waals surface area contributed by atoms with Gasteiger partial charge in [0.2, 0.25) is 11.8 Å². The number of unbranched alkanes of at least 4 members (excludes halogenated alkanes) is 1. The number of nitrogens with one attached hydrogen (secondary N) is 1. The van der Waals surface area contributed by atoms with Crippen molar-refractivity contribution in [2.45, 2.75) is 19.8 Å². The van der Waals surface area contributed by atoms with Crippen LogP contribution in [-0.2, 0) is 9.59 Å². The van der Waals surface area contributed by atoms with Crippen LogP contribution < -0.4 is 5.32 Å². The van der Waals surface area contributed by atoms with E-state index in [9.17, 15) is 14.4 Å². The van der Waals surface area contributed by atoms with Crippen molar-refractivity contribution in [3.8, 4) is 0 Å². The lowest BCUT2D eigenvalue weighted by Gasteiger charge is -2.34. The summed E-state index contributed by atoms with van der Waals surface area (Å²) in [6, 6.07) is 6.42. The molecule has 1 aliphatic heterocycles. The number of nitrogens with zero attached hydrogens (tertiary/aromatic N) is 3. The topological polar surface area (TPSA) is 73.0 Å². The molecule has 0 atom stereocenters. The summed E-state index contributed by atoms with van der Waals surface area (Å²) in [5.74, 6) is -0.300. The average Bonchev–Trinajstić information content (AvgIpc) is 2.63. The first kappa shape index (κ1) is 20.0. The van der Waals surface area contributed by atoms with E-state index in [1.807, 2.05) is 0 Å². The monoisotopic (exact) mass is 380 g/mol. The molecule has 0 radical (unpaired) electrons. The molecule has 26 heavy (non-hydrogen) atoms. The number of urea groups is 1. The van der Waals surface area contributed by atoms with E-state index in [0.717, 1.165) is 12.8 Å². The molecule has 1 aromatic carbocycles. The van der Waals surface area contributed by atoms with E-state index in [1.54, 1.807) is 36.2 Å². The first-order chi connectivity index (χ1) is 12.4. The van der Waals surface area contributed by atoms with Gasteiger partial charge in [-0.15, -0.1) is 0 Å². The number of hydrogen-bond acceptors (Lipinski definition) is 3. The van der Waals surface area contributed by atoms with E-state index in [0.29, 0.717) is 30.3 Å². The van der Waals surface area contributed by atoms with Crippen LogP contribution in [0.25, 0.3) is 0 Å². The van der Waals surface area contributed by atoms with Crippen molar-refractivity contribution >= 4 is 35.1 Å². The molecule has 7 nitrogen and oxygen atoms in total. The largest absolute Gasteiger partial charge is 0.344 e. The highest BCUT2D eigenvalue weighted by atomic mass is 35.5. The van der Waals surface area contributed by atoms with Gasteiger partial charge in [-0.1, -0.05) is 24.9 Å². The molecule has 0 spiro atoms. The zero-order chi connectivity index (χ0) is 19.1. The van der Waals surface area contributed by atoms with Crippen molar-refractivity contribution in [1.29, 1.82) is 0 Å². The third-order valence-electron chi connectivity index (χ3n) is 4.30. The average molecular weight is 381 g/mol. The molecule has 0 aromatic heterocycles. The molecule has 142 valence electrons. The molecule has 1 heterocycles. The molecule has 1 aliphatic rings. The van der Waals surface area contributed by atoms with Crippen LogP contribution in [0.3, 0.4) is 0 Å². The number of hydrogen-bond donors (Lipinski definition) is 1. The van der Waals surface area contributed by atoms with Crippen LogP contribution >= 0.6 is 11.6 Å². The fourth-order valence-corrected chi connectivity index (χ4v) is 2.71. The summed E-state index contributed by atoms with van der Waals surface area (Å²) in [6.07, 6.45) is 1.95. The Balaban J connectivity index is 1.83. The van der Waals surface area contributed by atoms with Gasteiger partial charge < -0.3 is 20.0 Å². The molecule has 1 aromatic rings. The van der Waals surface area contributed by atoms with E-state index in [-0.39, 0.29) is 30.9 Å². The summed E-state index contributed by atoms with van der Waals surface area (Å²) in [5, 5.41) is 3.32. The summed E-state index contributed by atoms with van der Waals surface area (Å²) in [5.41, 5.74) is 0.613. The van der Waals surface area contributed by atoms with Crippen molar-refractivity contribution in [2.24, 2.45) is 0 Å². The van der Waals surface area contributed by atoms with Gasteiger partial charge in [-0.25, -0.2) is 4.79 Å². The number of rotatable bonds is 6. The van der Waals surface area contributed by atoms with Crippen LogP contribution in [0.5, 0.6) is 0 Å². The number of carbonyl (C=O) groups is 3. The van der Waals surface area contributed by atoms with Crippen LogP contribution in [0.15, 0.2) is 24.3 Å².